The molecule has 1 rings (SSSR count). The zero-order chi connectivity index (χ0) is 13.9. The maximum absolute atomic E-state index is 12.2. The number of benzene rings is 1. The number of hydrogen-bond donors (Lipinski definition) is 1. The second-order valence-corrected chi connectivity index (χ2v) is 5.44. The fourth-order valence-electron chi connectivity index (χ4n) is 1.51. The van der Waals surface area contributed by atoms with Crippen molar-refractivity contribution in [3.63, 3.8) is 0 Å². The molecule has 0 aliphatic heterocycles. The van der Waals surface area contributed by atoms with Gasteiger partial charge in [0.05, 0.1) is 13.2 Å². The summed E-state index contributed by atoms with van der Waals surface area (Å²) in [6, 6.07) is 6.80. The third kappa shape index (κ3) is 3.23. The Hall–Kier alpha value is -1.55. The summed E-state index contributed by atoms with van der Waals surface area (Å²) in [5.41, 5.74) is 6.53. The van der Waals surface area contributed by atoms with Gasteiger partial charge in [-0.15, -0.1) is 0 Å². The monoisotopic (exact) mass is 250 g/mol. The molecule has 100 valence electrons. The number of methoxy groups -OCH3 is 1. The van der Waals surface area contributed by atoms with Crippen LogP contribution in [0.4, 0.5) is 5.69 Å². The van der Waals surface area contributed by atoms with Gasteiger partial charge in [0.25, 0.3) is 0 Å². The summed E-state index contributed by atoms with van der Waals surface area (Å²) >= 11 is 0. The quantitative estimate of drug-likeness (QED) is 0.893. The molecule has 0 aliphatic carbocycles. The van der Waals surface area contributed by atoms with Crippen molar-refractivity contribution in [2.75, 3.05) is 19.1 Å². The molecule has 1 aromatic rings. The second-order valence-electron chi connectivity index (χ2n) is 5.44. The average Bonchev–Trinajstić information content (AvgIpc) is 2.35. The molecule has 1 aromatic carbocycles. The summed E-state index contributed by atoms with van der Waals surface area (Å²) in [5, 5.41) is 0. The third-order valence-electron chi connectivity index (χ3n) is 2.99. The van der Waals surface area contributed by atoms with Crippen molar-refractivity contribution in [3.8, 4) is 5.75 Å². The van der Waals surface area contributed by atoms with Gasteiger partial charge in [0, 0.05) is 12.7 Å². The largest absolute Gasteiger partial charge is 0.497 e. The van der Waals surface area contributed by atoms with Gasteiger partial charge in [0.15, 0.2) is 0 Å². The number of ether oxygens (including phenoxy) is 1. The van der Waals surface area contributed by atoms with E-state index in [2.05, 4.69) is 0 Å². The summed E-state index contributed by atoms with van der Waals surface area (Å²) in [4.78, 5) is 13.8. The van der Waals surface area contributed by atoms with Gasteiger partial charge in [-0.2, -0.15) is 0 Å². The lowest BCUT2D eigenvalue weighted by Crippen LogP contribution is -2.49. The molecule has 0 radical (unpaired) electrons. The topological polar surface area (TPSA) is 55.6 Å². The van der Waals surface area contributed by atoms with Crippen LogP contribution in [0.25, 0.3) is 0 Å². The Morgan fingerprint density at radius 3 is 2.17 bits per heavy atom. The third-order valence-corrected chi connectivity index (χ3v) is 2.99. The molecule has 0 fully saturated rings. The highest BCUT2D eigenvalue weighted by molar-refractivity contribution is 5.97. The first kappa shape index (κ1) is 14.5. The smallest absolute Gasteiger partial charge is 0.244 e. The van der Waals surface area contributed by atoms with Crippen molar-refractivity contribution in [2.45, 2.75) is 26.8 Å². The van der Waals surface area contributed by atoms with Crippen LogP contribution in [-0.2, 0) is 4.79 Å². The van der Waals surface area contributed by atoms with E-state index in [0.717, 1.165) is 11.4 Å². The van der Waals surface area contributed by atoms with Gasteiger partial charge in [0.1, 0.15) is 5.75 Å². The molecule has 1 atom stereocenters. The van der Waals surface area contributed by atoms with Crippen LogP contribution >= 0.6 is 0 Å². The van der Waals surface area contributed by atoms with Crippen LogP contribution in [0.5, 0.6) is 5.75 Å². The van der Waals surface area contributed by atoms with E-state index in [9.17, 15) is 4.79 Å². The predicted molar refractivity (Wildman–Crippen MR) is 73.8 cm³/mol. The molecule has 0 saturated carbocycles. The van der Waals surface area contributed by atoms with E-state index in [-0.39, 0.29) is 11.3 Å². The molecule has 4 nitrogen and oxygen atoms in total. The molecule has 1 amide bonds. The first-order valence-electron chi connectivity index (χ1n) is 5.94. The molecule has 0 aliphatic rings. The first-order valence-corrected chi connectivity index (χ1v) is 5.94. The Labute approximate surface area is 109 Å². The Morgan fingerprint density at radius 2 is 1.78 bits per heavy atom. The number of anilines is 1. The summed E-state index contributed by atoms with van der Waals surface area (Å²) in [6.45, 7) is 5.87. The average molecular weight is 250 g/mol. The normalized spacial score (nSPS) is 13.0. The highest BCUT2D eigenvalue weighted by Gasteiger charge is 2.30. The first-order chi connectivity index (χ1) is 8.27. The second kappa shape index (κ2) is 5.40. The van der Waals surface area contributed by atoms with Crippen LogP contribution < -0.4 is 15.4 Å². The van der Waals surface area contributed by atoms with Crippen LogP contribution in [0.3, 0.4) is 0 Å². The standard InChI is InChI=1S/C14H22N2O2/c1-14(2,3)12(15)13(17)16(4)10-6-8-11(18-5)9-7-10/h6-9,12H,15H2,1-5H3. The molecular weight excluding hydrogens is 228 g/mol. The van der Waals surface area contributed by atoms with E-state index >= 15 is 0 Å². The van der Waals surface area contributed by atoms with E-state index in [1.54, 1.807) is 19.1 Å². The van der Waals surface area contributed by atoms with Crippen LogP contribution in [0.1, 0.15) is 20.8 Å². The molecule has 0 bridgehead atoms. The summed E-state index contributed by atoms with van der Waals surface area (Å²) < 4.78 is 5.08. The molecule has 2 N–H and O–H groups in total. The van der Waals surface area contributed by atoms with Crippen molar-refractivity contribution in [2.24, 2.45) is 11.1 Å². The molecule has 0 spiro atoms. The van der Waals surface area contributed by atoms with Gasteiger partial charge in [-0.1, -0.05) is 20.8 Å². The maximum atomic E-state index is 12.2. The lowest BCUT2D eigenvalue weighted by Gasteiger charge is -2.30. The summed E-state index contributed by atoms with van der Waals surface area (Å²) in [7, 11) is 3.34. The lowest BCUT2D eigenvalue weighted by atomic mass is 9.86. The van der Waals surface area contributed by atoms with E-state index in [1.165, 1.54) is 0 Å². The molecule has 0 saturated heterocycles. The van der Waals surface area contributed by atoms with Gasteiger partial charge < -0.3 is 15.4 Å². The lowest BCUT2D eigenvalue weighted by molar-refractivity contribution is -0.121. The van der Waals surface area contributed by atoms with Gasteiger partial charge in [0.2, 0.25) is 5.91 Å². The van der Waals surface area contributed by atoms with Crippen molar-refractivity contribution in [3.05, 3.63) is 24.3 Å². The summed E-state index contributed by atoms with van der Waals surface area (Å²) in [6.07, 6.45) is 0. The van der Waals surface area contributed by atoms with Crippen LogP contribution in [-0.4, -0.2) is 26.1 Å². The molecule has 0 aromatic heterocycles. The van der Waals surface area contributed by atoms with Crippen LogP contribution in [0.2, 0.25) is 0 Å². The minimum atomic E-state index is -0.524. The molecule has 18 heavy (non-hydrogen) atoms. The minimum absolute atomic E-state index is 0.0901. The fourth-order valence-corrected chi connectivity index (χ4v) is 1.51. The van der Waals surface area contributed by atoms with Gasteiger partial charge >= 0.3 is 0 Å². The molecule has 4 heteroatoms. The number of amides is 1. The van der Waals surface area contributed by atoms with Gasteiger partial charge in [-0.05, 0) is 29.7 Å². The maximum Gasteiger partial charge on any atom is 0.244 e. The van der Waals surface area contributed by atoms with Crippen molar-refractivity contribution in [1.82, 2.24) is 0 Å². The van der Waals surface area contributed by atoms with Crippen molar-refractivity contribution >= 4 is 11.6 Å². The number of nitrogens with zero attached hydrogens (tertiary/aromatic N) is 1. The fraction of sp³-hybridized carbons (Fsp3) is 0.500. The Bertz CT molecular complexity index is 407. The number of carbonyl (C=O) groups excluding carboxylic acids is 1. The number of nitrogens with two attached hydrogens (primary N) is 1. The zero-order valence-electron chi connectivity index (χ0n) is 11.7. The van der Waals surface area contributed by atoms with Crippen molar-refractivity contribution < 1.29 is 9.53 Å². The van der Waals surface area contributed by atoms with E-state index in [1.807, 2.05) is 45.0 Å². The zero-order valence-corrected chi connectivity index (χ0v) is 11.7. The minimum Gasteiger partial charge on any atom is -0.497 e. The molecule has 1 unspecified atom stereocenters. The summed E-state index contributed by atoms with van der Waals surface area (Å²) in [5.74, 6) is 0.674. The van der Waals surface area contributed by atoms with Crippen LogP contribution in [0.15, 0.2) is 24.3 Å². The number of likely N-dealkylation sites (N-methyl/N-ethyl adjacent to an activating group) is 1. The van der Waals surface area contributed by atoms with E-state index in [4.69, 9.17) is 10.5 Å². The number of rotatable bonds is 3. The Kier molecular flexibility index (Phi) is 4.35. The Morgan fingerprint density at radius 1 is 1.28 bits per heavy atom. The SMILES string of the molecule is COc1ccc(N(C)C(=O)C(N)C(C)(C)C)cc1. The van der Waals surface area contributed by atoms with Crippen molar-refractivity contribution in [1.29, 1.82) is 0 Å². The molecular formula is C14H22N2O2. The highest BCUT2D eigenvalue weighted by Crippen LogP contribution is 2.23. The van der Waals surface area contributed by atoms with E-state index in [0.29, 0.717) is 0 Å². The highest BCUT2D eigenvalue weighted by atomic mass is 16.5. The molecule has 0 heterocycles. The van der Waals surface area contributed by atoms with Gasteiger partial charge in [-0.3, -0.25) is 4.79 Å². The number of hydrogen-bond acceptors (Lipinski definition) is 3. The van der Waals surface area contributed by atoms with E-state index < -0.39 is 6.04 Å². The predicted octanol–water partition coefficient (Wildman–Crippen LogP) is 2.03. The van der Waals surface area contributed by atoms with Crippen LogP contribution in [0, 0.1) is 5.41 Å². The van der Waals surface area contributed by atoms with Gasteiger partial charge in [-0.25, -0.2) is 0 Å². The number of carbonyl (C=O) groups is 1. The Balaban J connectivity index is 2.86.